The van der Waals surface area contributed by atoms with Crippen molar-refractivity contribution in [3.63, 3.8) is 0 Å². The number of benzene rings is 1. The molecule has 1 aliphatic rings. The average Bonchev–Trinajstić information content (AvgIpc) is 3.01. The van der Waals surface area contributed by atoms with Gasteiger partial charge < -0.3 is 9.32 Å². The zero-order valence-electron chi connectivity index (χ0n) is 13.8. The number of carbonyl (C=O) groups excluding carboxylic acids is 1. The van der Waals surface area contributed by atoms with E-state index < -0.39 is 11.7 Å². The summed E-state index contributed by atoms with van der Waals surface area (Å²) in [6.45, 7) is 4.84. The number of piperazine rings is 1. The maximum absolute atomic E-state index is 12.6. The summed E-state index contributed by atoms with van der Waals surface area (Å²) in [5.41, 5.74) is 0.190. The van der Waals surface area contributed by atoms with E-state index in [1.54, 1.807) is 24.0 Å². The first-order chi connectivity index (χ1) is 11.8. The van der Waals surface area contributed by atoms with Crippen LogP contribution in [0.2, 0.25) is 0 Å². The second-order valence-electron chi connectivity index (χ2n) is 6.17. The van der Waals surface area contributed by atoms with E-state index in [2.05, 4.69) is 4.90 Å². The minimum absolute atomic E-state index is 0.123. The summed E-state index contributed by atoms with van der Waals surface area (Å²) in [6, 6.07) is 8.65. The number of hydrogen-bond acceptors (Lipinski definition) is 3. The quantitative estimate of drug-likeness (QED) is 0.847. The average molecular weight is 352 g/mol. The van der Waals surface area contributed by atoms with Gasteiger partial charge in [0.1, 0.15) is 5.76 Å². The monoisotopic (exact) mass is 352 g/mol. The van der Waals surface area contributed by atoms with E-state index in [-0.39, 0.29) is 5.91 Å². The zero-order chi connectivity index (χ0) is 18.0. The molecule has 2 heterocycles. The van der Waals surface area contributed by atoms with Crippen LogP contribution in [0, 0.1) is 6.92 Å². The number of rotatable bonds is 3. The summed E-state index contributed by atoms with van der Waals surface area (Å²) < 4.78 is 43.1. The van der Waals surface area contributed by atoms with Gasteiger partial charge in [0.25, 0.3) is 5.91 Å². The molecule has 0 radical (unpaired) electrons. The van der Waals surface area contributed by atoms with Crippen molar-refractivity contribution in [1.29, 1.82) is 0 Å². The van der Waals surface area contributed by atoms with E-state index >= 15 is 0 Å². The fraction of sp³-hybridized carbons (Fsp3) is 0.389. The number of nitrogens with zero attached hydrogens (tertiary/aromatic N) is 2. The molecule has 3 rings (SSSR count). The third-order valence-corrected chi connectivity index (χ3v) is 4.30. The maximum atomic E-state index is 12.6. The molecule has 1 saturated heterocycles. The van der Waals surface area contributed by atoms with Crippen LogP contribution < -0.4 is 0 Å². The number of furan rings is 1. The van der Waals surface area contributed by atoms with Crippen LogP contribution in [0.25, 0.3) is 0 Å². The SMILES string of the molecule is Cc1ccc(C(=O)N2CCN(Cc3ccc(C(F)(F)F)cc3)CC2)o1. The number of carbonyl (C=O) groups is 1. The normalized spacial score (nSPS) is 16.2. The minimum Gasteiger partial charge on any atom is -0.456 e. The smallest absolute Gasteiger partial charge is 0.416 e. The lowest BCUT2D eigenvalue weighted by Gasteiger charge is -2.34. The second kappa shape index (κ2) is 6.92. The van der Waals surface area contributed by atoms with Crippen molar-refractivity contribution < 1.29 is 22.4 Å². The van der Waals surface area contributed by atoms with Crippen LogP contribution in [-0.4, -0.2) is 41.9 Å². The Bertz CT molecular complexity index is 730. The molecule has 0 N–H and O–H groups in total. The lowest BCUT2D eigenvalue weighted by molar-refractivity contribution is -0.137. The van der Waals surface area contributed by atoms with E-state index in [1.807, 2.05) is 0 Å². The highest BCUT2D eigenvalue weighted by Crippen LogP contribution is 2.29. The number of alkyl halides is 3. The van der Waals surface area contributed by atoms with Gasteiger partial charge in [0.05, 0.1) is 5.56 Å². The molecule has 7 heteroatoms. The number of halogens is 3. The van der Waals surface area contributed by atoms with Crippen LogP contribution in [0.1, 0.15) is 27.4 Å². The number of amides is 1. The molecule has 1 fully saturated rings. The maximum Gasteiger partial charge on any atom is 0.416 e. The second-order valence-corrected chi connectivity index (χ2v) is 6.17. The summed E-state index contributed by atoms with van der Waals surface area (Å²) >= 11 is 0. The molecule has 2 aromatic rings. The van der Waals surface area contributed by atoms with Gasteiger partial charge in [0, 0.05) is 32.7 Å². The summed E-state index contributed by atoms with van der Waals surface area (Å²) in [6.07, 6.45) is -4.31. The Kier molecular flexibility index (Phi) is 4.85. The van der Waals surface area contributed by atoms with Crippen LogP contribution in [0.4, 0.5) is 13.2 Å². The van der Waals surface area contributed by atoms with Crippen molar-refractivity contribution in [3.05, 3.63) is 59.0 Å². The molecular weight excluding hydrogens is 333 g/mol. The molecule has 134 valence electrons. The van der Waals surface area contributed by atoms with Gasteiger partial charge >= 0.3 is 6.18 Å². The van der Waals surface area contributed by atoms with E-state index in [0.717, 1.165) is 17.7 Å². The predicted molar refractivity (Wildman–Crippen MR) is 86.1 cm³/mol. The van der Waals surface area contributed by atoms with Gasteiger partial charge in [-0.05, 0) is 36.8 Å². The molecule has 1 aromatic heterocycles. The third-order valence-electron chi connectivity index (χ3n) is 4.30. The van der Waals surface area contributed by atoms with Gasteiger partial charge in [-0.3, -0.25) is 9.69 Å². The topological polar surface area (TPSA) is 36.7 Å². The first-order valence-corrected chi connectivity index (χ1v) is 8.07. The third kappa shape index (κ3) is 4.22. The molecule has 1 aliphatic heterocycles. The van der Waals surface area contributed by atoms with Crippen molar-refractivity contribution >= 4 is 5.91 Å². The number of hydrogen-bond donors (Lipinski definition) is 0. The molecule has 1 aromatic carbocycles. The summed E-state index contributed by atoms with van der Waals surface area (Å²) in [5, 5.41) is 0. The Hall–Kier alpha value is -2.28. The molecule has 0 saturated carbocycles. The van der Waals surface area contributed by atoms with Crippen molar-refractivity contribution in [2.45, 2.75) is 19.6 Å². The Morgan fingerprint density at radius 2 is 1.68 bits per heavy atom. The van der Waals surface area contributed by atoms with Crippen molar-refractivity contribution in [1.82, 2.24) is 9.80 Å². The molecule has 0 atom stereocenters. The molecule has 0 bridgehead atoms. The first-order valence-electron chi connectivity index (χ1n) is 8.07. The summed E-state index contributed by atoms with van der Waals surface area (Å²) in [4.78, 5) is 16.2. The summed E-state index contributed by atoms with van der Waals surface area (Å²) in [7, 11) is 0. The lowest BCUT2D eigenvalue weighted by atomic mass is 10.1. The van der Waals surface area contributed by atoms with E-state index in [9.17, 15) is 18.0 Å². The highest BCUT2D eigenvalue weighted by Gasteiger charge is 2.30. The van der Waals surface area contributed by atoms with Gasteiger partial charge in [0.2, 0.25) is 0 Å². The van der Waals surface area contributed by atoms with E-state index in [1.165, 1.54) is 12.1 Å². The Morgan fingerprint density at radius 1 is 1.04 bits per heavy atom. The van der Waals surface area contributed by atoms with Crippen molar-refractivity contribution in [2.75, 3.05) is 26.2 Å². The van der Waals surface area contributed by atoms with Crippen molar-refractivity contribution in [3.8, 4) is 0 Å². The largest absolute Gasteiger partial charge is 0.456 e. The van der Waals surface area contributed by atoms with E-state index in [0.29, 0.717) is 44.2 Å². The Balaban J connectivity index is 1.53. The Morgan fingerprint density at radius 3 is 2.20 bits per heavy atom. The van der Waals surface area contributed by atoms with Crippen LogP contribution in [-0.2, 0) is 12.7 Å². The van der Waals surface area contributed by atoms with Crippen molar-refractivity contribution in [2.24, 2.45) is 0 Å². The van der Waals surface area contributed by atoms with Gasteiger partial charge in [0.15, 0.2) is 5.76 Å². The lowest BCUT2D eigenvalue weighted by Crippen LogP contribution is -2.48. The standard InChI is InChI=1S/C18H19F3N2O2/c1-13-2-7-16(25-13)17(24)23-10-8-22(9-11-23)12-14-3-5-15(6-4-14)18(19,20)21/h2-7H,8-12H2,1H3. The first kappa shape index (κ1) is 17.5. The number of aryl methyl sites for hydroxylation is 1. The molecule has 0 spiro atoms. The molecule has 4 nitrogen and oxygen atoms in total. The zero-order valence-corrected chi connectivity index (χ0v) is 13.8. The summed E-state index contributed by atoms with van der Waals surface area (Å²) in [5.74, 6) is 0.917. The fourth-order valence-electron chi connectivity index (χ4n) is 2.87. The minimum atomic E-state index is -4.31. The van der Waals surface area contributed by atoms with Crippen LogP contribution >= 0.6 is 0 Å². The fourth-order valence-corrected chi connectivity index (χ4v) is 2.87. The molecule has 25 heavy (non-hydrogen) atoms. The van der Waals surface area contributed by atoms with Crippen LogP contribution in [0.15, 0.2) is 40.8 Å². The van der Waals surface area contributed by atoms with Gasteiger partial charge in [-0.25, -0.2) is 0 Å². The highest BCUT2D eigenvalue weighted by molar-refractivity contribution is 5.91. The molecule has 0 unspecified atom stereocenters. The highest BCUT2D eigenvalue weighted by atomic mass is 19.4. The van der Waals surface area contributed by atoms with Gasteiger partial charge in [-0.1, -0.05) is 12.1 Å². The van der Waals surface area contributed by atoms with Crippen LogP contribution in [0.3, 0.4) is 0 Å². The van der Waals surface area contributed by atoms with E-state index in [4.69, 9.17) is 4.42 Å². The van der Waals surface area contributed by atoms with Crippen LogP contribution in [0.5, 0.6) is 0 Å². The van der Waals surface area contributed by atoms with Gasteiger partial charge in [-0.2, -0.15) is 13.2 Å². The van der Waals surface area contributed by atoms with Gasteiger partial charge in [-0.15, -0.1) is 0 Å². The molecule has 0 aliphatic carbocycles. The molecule has 1 amide bonds. The Labute approximate surface area is 143 Å². The predicted octanol–water partition coefficient (Wildman–Crippen LogP) is 3.56. The molecular formula is C18H19F3N2O2.